The lowest BCUT2D eigenvalue weighted by atomic mass is 9.84. The van der Waals surface area contributed by atoms with Gasteiger partial charge >= 0.3 is 0 Å². The van der Waals surface area contributed by atoms with E-state index in [9.17, 15) is 9.59 Å². The first-order valence-electron chi connectivity index (χ1n) is 12.1. The number of benzene rings is 2. The van der Waals surface area contributed by atoms with Gasteiger partial charge in [0.05, 0.1) is 16.8 Å². The third kappa shape index (κ3) is 4.08. The number of amides is 1. The minimum atomic E-state index is -0.253. The molecule has 166 valence electrons. The Balaban J connectivity index is 1.56. The summed E-state index contributed by atoms with van der Waals surface area (Å²) in [6.07, 6.45) is 9.92. The van der Waals surface area contributed by atoms with Gasteiger partial charge in [0.25, 0.3) is 5.56 Å². The molecule has 2 aliphatic rings. The molecule has 0 radical (unpaired) electrons. The van der Waals surface area contributed by atoms with Gasteiger partial charge in [-0.15, -0.1) is 0 Å². The lowest BCUT2D eigenvalue weighted by Gasteiger charge is -2.27. The molecule has 2 aromatic carbocycles. The van der Waals surface area contributed by atoms with Crippen LogP contribution in [0.5, 0.6) is 0 Å². The summed E-state index contributed by atoms with van der Waals surface area (Å²) in [6.45, 7) is 0. The number of hydrogen-bond donors (Lipinski definition) is 1. The largest absolute Gasteiger partial charge is 0.280 e. The van der Waals surface area contributed by atoms with Gasteiger partial charge in [0.15, 0.2) is 0 Å². The van der Waals surface area contributed by atoms with Crippen LogP contribution >= 0.6 is 0 Å². The summed E-state index contributed by atoms with van der Waals surface area (Å²) in [5.41, 5.74) is 4.60. The maximum Gasteiger partial charge on any atom is 0.280 e. The van der Waals surface area contributed by atoms with Crippen molar-refractivity contribution in [3.05, 3.63) is 76.3 Å². The average molecular weight is 430 g/mol. The van der Waals surface area contributed by atoms with Crippen molar-refractivity contribution in [3.63, 3.8) is 0 Å². The maximum absolute atomic E-state index is 13.7. The summed E-state index contributed by atoms with van der Waals surface area (Å²) in [7, 11) is 0. The first-order valence-corrected chi connectivity index (χ1v) is 12.1. The Bertz CT molecular complexity index is 1140. The summed E-state index contributed by atoms with van der Waals surface area (Å²) >= 11 is 0. The summed E-state index contributed by atoms with van der Waals surface area (Å²) in [5, 5.41) is 0.546. The molecule has 5 heteroatoms. The van der Waals surface area contributed by atoms with Crippen LogP contribution in [-0.4, -0.2) is 15.6 Å². The van der Waals surface area contributed by atoms with E-state index in [1.807, 2.05) is 48.5 Å². The third-order valence-corrected chi connectivity index (χ3v) is 7.31. The van der Waals surface area contributed by atoms with Crippen molar-refractivity contribution in [1.82, 2.24) is 9.66 Å². The highest BCUT2D eigenvalue weighted by Gasteiger charge is 2.33. The molecule has 1 aromatic heterocycles. The number of fused-ring (bicyclic) bond motifs is 1. The van der Waals surface area contributed by atoms with E-state index in [1.165, 1.54) is 11.1 Å². The van der Waals surface area contributed by atoms with E-state index in [0.717, 1.165) is 56.9 Å². The molecular formula is C27H31N3O2. The third-order valence-electron chi connectivity index (χ3n) is 7.31. The van der Waals surface area contributed by atoms with E-state index in [0.29, 0.717) is 22.6 Å². The molecule has 0 saturated heterocycles. The zero-order chi connectivity index (χ0) is 21.9. The molecule has 0 bridgehead atoms. The summed E-state index contributed by atoms with van der Waals surface area (Å²) < 4.78 is 1.48. The lowest BCUT2D eigenvalue weighted by molar-refractivity contribution is -0.119. The van der Waals surface area contributed by atoms with Gasteiger partial charge in [-0.3, -0.25) is 15.0 Å². The molecule has 32 heavy (non-hydrogen) atoms. The van der Waals surface area contributed by atoms with Crippen LogP contribution in [0, 0.1) is 5.92 Å². The molecule has 0 spiro atoms. The summed E-state index contributed by atoms with van der Waals surface area (Å²) in [4.78, 5) is 32.1. The molecule has 2 aliphatic carbocycles. The predicted octanol–water partition coefficient (Wildman–Crippen LogP) is 5.49. The number of carbonyl (C=O) groups is 1. The zero-order valence-electron chi connectivity index (χ0n) is 18.5. The number of para-hydroxylation sites is 1. The van der Waals surface area contributed by atoms with E-state index in [2.05, 4.69) is 5.43 Å². The minimum absolute atomic E-state index is 0.0978. The van der Waals surface area contributed by atoms with Crippen molar-refractivity contribution in [2.75, 3.05) is 5.43 Å². The standard InChI is InChI=1S/C27H31N3O2/c31-26(24(20-13-7-8-14-20)19-11-3-1-4-12-19)29-30-25(21-15-5-2-6-16-21)28-23-18-10-9-17-22(23)27(30)32/h1,3-4,9-12,17-18,20-21,24H,2,5-8,13-16H2,(H,29,31). The zero-order valence-corrected chi connectivity index (χ0v) is 18.5. The molecule has 3 aromatic rings. The highest BCUT2D eigenvalue weighted by Crippen LogP contribution is 2.38. The van der Waals surface area contributed by atoms with Gasteiger partial charge < -0.3 is 0 Å². The molecule has 1 atom stereocenters. The quantitative estimate of drug-likeness (QED) is 0.583. The predicted molar refractivity (Wildman–Crippen MR) is 127 cm³/mol. The molecule has 5 nitrogen and oxygen atoms in total. The molecular weight excluding hydrogens is 398 g/mol. The Morgan fingerprint density at radius 1 is 0.875 bits per heavy atom. The highest BCUT2D eigenvalue weighted by atomic mass is 16.2. The topological polar surface area (TPSA) is 64.0 Å². The van der Waals surface area contributed by atoms with Crippen molar-refractivity contribution in [2.45, 2.75) is 69.6 Å². The van der Waals surface area contributed by atoms with Crippen LogP contribution in [0.4, 0.5) is 0 Å². The molecule has 1 heterocycles. The van der Waals surface area contributed by atoms with Gasteiger partial charge in [0.2, 0.25) is 5.91 Å². The summed E-state index contributed by atoms with van der Waals surface area (Å²) in [6, 6.07) is 17.5. The van der Waals surface area contributed by atoms with E-state index in [-0.39, 0.29) is 23.3 Å². The van der Waals surface area contributed by atoms with Gasteiger partial charge in [0, 0.05) is 5.92 Å². The van der Waals surface area contributed by atoms with Gasteiger partial charge in [-0.2, -0.15) is 0 Å². The second-order valence-corrected chi connectivity index (χ2v) is 9.37. The molecule has 2 saturated carbocycles. The number of nitrogens with one attached hydrogen (secondary N) is 1. The smallest absolute Gasteiger partial charge is 0.273 e. The number of carbonyl (C=O) groups excluding carboxylic acids is 1. The van der Waals surface area contributed by atoms with Crippen LogP contribution in [0.2, 0.25) is 0 Å². The van der Waals surface area contributed by atoms with Crippen LogP contribution < -0.4 is 11.0 Å². The van der Waals surface area contributed by atoms with Crippen LogP contribution in [0.1, 0.15) is 81.0 Å². The van der Waals surface area contributed by atoms with Crippen LogP contribution in [-0.2, 0) is 4.79 Å². The molecule has 5 rings (SSSR count). The molecule has 1 amide bonds. The fourth-order valence-corrected chi connectivity index (χ4v) is 5.66. The van der Waals surface area contributed by atoms with E-state index in [1.54, 1.807) is 6.07 Å². The number of rotatable bonds is 5. The first kappa shape index (κ1) is 20.9. The number of aromatic nitrogens is 2. The monoisotopic (exact) mass is 429 g/mol. The average Bonchev–Trinajstić information content (AvgIpc) is 3.36. The van der Waals surface area contributed by atoms with E-state index in [4.69, 9.17) is 4.98 Å². The number of nitrogens with zero attached hydrogens (tertiary/aromatic N) is 2. The second kappa shape index (κ2) is 9.27. The normalized spacial score (nSPS) is 18.6. The fraction of sp³-hybridized carbons (Fsp3) is 0.444. The Morgan fingerprint density at radius 3 is 2.28 bits per heavy atom. The maximum atomic E-state index is 13.7. The van der Waals surface area contributed by atoms with E-state index >= 15 is 0 Å². The van der Waals surface area contributed by atoms with Crippen molar-refractivity contribution >= 4 is 16.8 Å². The Labute approximate surface area is 188 Å². The van der Waals surface area contributed by atoms with Gasteiger partial charge in [-0.1, -0.05) is 74.6 Å². The van der Waals surface area contributed by atoms with Gasteiger partial charge in [0.1, 0.15) is 5.82 Å². The van der Waals surface area contributed by atoms with Crippen LogP contribution in [0.15, 0.2) is 59.4 Å². The first-order chi connectivity index (χ1) is 15.7. The highest BCUT2D eigenvalue weighted by molar-refractivity contribution is 5.91. The van der Waals surface area contributed by atoms with Crippen molar-refractivity contribution in [1.29, 1.82) is 0 Å². The molecule has 1 unspecified atom stereocenters. The lowest BCUT2D eigenvalue weighted by Crippen LogP contribution is -2.40. The Morgan fingerprint density at radius 2 is 1.53 bits per heavy atom. The van der Waals surface area contributed by atoms with Crippen molar-refractivity contribution in [2.24, 2.45) is 5.92 Å². The van der Waals surface area contributed by atoms with Crippen molar-refractivity contribution in [3.8, 4) is 0 Å². The SMILES string of the molecule is O=C(Nn1c(C2CCCCC2)nc2ccccc2c1=O)C(c1ccccc1)C1CCCC1. The summed E-state index contributed by atoms with van der Waals surface area (Å²) in [5.74, 6) is 0.860. The van der Waals surface area contributed by atoms with Gasteiger partial charge in [-0.05, 0) is 49.3 Å². The minimum Gasteiger partial charge on any atom is -0.273 e. The fourth-order valence-electron chi connectivity index (χ4n) is 5.66. The molecule has 2 fully saturated rings. The molecule has 0 aliphatic heterocycles. The second-order valence-electron chi connectivity index (χ2n) is 9.37. The van der Waals surface area contributed by atoms with E-state index < -0.39 is 0 Å². The van der Waals surface area contributed by atoms with Crippen molar-refractivity contribution < 1.29 is 4.79 Å². The Kier molecular flexibility index (Phi) is 6.06. The van der Waals surface area contributed by atoms with Gasteiger partial charge in [-0.25, -0.2) is 9.66 Å². The Hall–Kier alpha value is -2.95. The molecule has 1 N–H and O–H groups in total. The van der Waals surface area contributed by atoms with Crippen LogP contribution in [0.3, 0.4) is 0 Å². The number of hydrogen-bond acceptors (Lipinski definition) is 3. The van der Waals surface area contributed by atoms with Crippen LogP contribution in [0.25, 0.3) is 10.9 Å².